The summed E-state index contributed by atoms with van der Waals surface area (Å²) >= 11 is 0. The second-order valence-corrected chi connectivity index (χ2v) is 4.41. The van der Waals surface area contributed by atoms with Gasteiger partial charge < -0.3 is 5.43 Å². The summed E-state index contributed by atoms with van der Waals surface area (Å²) in [6.07, 6.45) is 5.29. The van der Waals surface area contributed by atoms with Gasteiger partial charge in [0.05, 0.1) is 6.54 Å². The Balaban J connectivity index is 2.21. The molecule has 2 aromatic rings. The topological polar surface area (TPSA) is 77.9 Å². The molecule has 3 N–H and O–H groups in total. The summed E-state index contributed by atoms with van der Waals surface area (Å²) in [6.45, 7) is 4.47. The molecule has 0 saturated heterocycles. The number of nitrogens with two attached hydrogens (primary N) is 1. The van der Waals surface area contributed by atoms with E-state index in [1.807, 2.05) is 19.9 Å². The number of rotatable bonds is 4. The molecular formula is C12H17N5O. The van der Waals surface area contributed by atoms with E-state index in [9.17, 15) is 4.79 Å². The van der Waals surface area contributed by atoms with Crippen LogP contribution in [-0.4, -0.2) is 14.1 Å². The lowest BCUT2D eigenvalue weighted by atomic mass is 10.3. The highest BCUT2D eigenvalue weighted by Gasteiger charge is 2.06. The number of hydrogen-bond acceptors (Lipinski definition) is 4. The van der Waals surface area contributed by atoms with Crippen LogP contribution < -0.4 is 17.0 Å². The Hall–Kier alpha value is -2.08. The van der Waals surface area contributed by atoms with E-state index in [2.05, 4.69) is 10.4 Å². The molecule has 18 heavy (non-hydrogen) atoms. The van der Waals surface area contributed by atoms with Gasteiger partial charge in [-0.3, -0.25) is 9.13 Å². The van der Waals surface area contributed by atoms with Crippen LogP contribution in [0.4, 0.5) is 5.82 Å². The third kappa shape index (κ3) is 2.43. The predicted octanol–water partition coefficient (Wildman–Crippen LogP) is 0.960. The van der Waals surface area contributed by atoms with E-state index in [4.69, 9.17) is 5.84 Å². The van der Waals surface area contributed by atoms with Crippen molar-refractivity contribution in [1.29, 1.82) is 0 Å². The van der Waals surface area contributed by atoms with Crippen molar-refractivity contribution in [2.45, 2.75) is 26.4 Å². The number of nitrogens with zero attached hydrogens (tertiary/aromatic N) is 3. The minimum absolute atomic E-state index is 0.00831. The van der Waals surface area contributed by atoms with E-state index in [1.165, 1.54) is 0 Å². The molecule has 2 rings (SSSR count). The molecular weight excluding hydrogens is 230 g/mol. The van der Waals surface area contributed by atoms with Crippen LogP contribution in [0.2, 0.25) is 0 Å². The zero-order chi connectivity index (χ0) is 13.1. The Kier molecular flexibility index (Phi) is 3.47. The molecule has 0 amide bonds. The van der Waals surface area contributed by atoms with Gasteiger partial charge >= 0.3 is 5.69 Å². The van der Waals surface area contributed by atoms with Crippen LogP contribution >= 0.6 is 0 Å². The summed E-state index contributed by atoms with van der Waals surface area (Å²) in [5, 5.41) is 0. The second-order valence-electron chi connectivity index (χ2n) is 4.41. The van der Waals surface area contributed by atoms with Crippen LogP contribution in [-0.2, 0) is 6.54 Å². The van der Waals surface area contributed by atoms with Gasteiger partial charge in [0.1, 0.15) is 5.82 Å². The molecule has 0 aliphatic carbocycles. The maximum absolute atomic E-state index is 12.0. The minimum Gasteiger partial charge on any atom is -0.308 e. The third-order valence-electron chi connectivity index (χ3n) is 2.76. The number of aromatic nitrogens is 3. The molecule has 0 atom stereocenters. The molecule has 0 saturated carbocycles. The molecule has 0 aliphatic rings. The fourth-order valence-electron chi connectivity index (χ4n) is 1.74. The number of hydrogen-bond donors (Lipinski definition) is 2. The molecule has 6 heteroatoms. The predicted molar refractivity (Wildman–Crippen MR) is 70.2 cm³/mol. The summed E-state index contributed by atoms with van der Waals surface area (Å²) < 4.78 is 3.36. The maximum atomic E-state index is 12.0. The van der Waals surface area contributed by atoms with E-state index < -0.39 is 0 Å². The van der Waals surface area contributed by atoms with Gasteiger partial charge in [0.25, 0.3) is 0 Å². The van der Waals surface area contributed by atoms with Crippen molar-refractivity contribution < 1.29 is 0 Å². The van der Waals surface area contributed by atoms with Crippen molar-refractivity contribution in [3.63, 3.8) is 0 Å². The van der Waals surface area contributed by atoms with Crippen molar-refractivity contribution in [3.8, 4) is 0 Å². The number of hydrazine groups is 1. The van der Waals surface area contributed by atoms with Crippen molar-refractivity contribution in [2.75, 3.05) is 5.43 Å². The lowest BCUT2D eigenvalue weighted by Gasteiger charge is -2.05. The second kappa shape index (κ2) is 5.05. The summed E-state index contributed by atoms with van der Waals surface area (Å²) in [4.78, 5) is 16.1. The van der Waals surface area contributed by atoms with Crippen molar-refractivity contribution in [3.05, 3.63) is 46.8 Å². The number of anilines is 1. The fourth-order valence-corrected chi connectivity index (χ4v) is 1.74. The highest BCUT2D eigenvalue weighted by molar-refractivity contribution is 5.33. The lowest BCUT2D eigenvalue weighted by Crippen LogP contribution is -2.25. The van der Waals surface area contributed by atoms with Gasteiger partial charge in [-0.2, -0.15) is 0 Å². The highest BCUT2D eigenvalue weighted by atomic mass is 16.1. The van der Waals surface area contributed by atoms with Crippen LogP contribution in [0, 0.1) is 0 Å². The normalized spacial score (nSPS) is 10.9. The molecule has 2 aromatic heterocycles. The average molecular weight is 247 g/mol. The lowest BCUT2D eigenvalue weighted by molar-refractivity contribution is 0.561. The summed E-state index contributed by atoms with van der Waals surface area (Å²) in [6, 6.07) is 3.84. The third-order valence-corrected chi connectivity index (χ3v) is 2.76. The first-order valence-corrected chi connectivity index (χ1v) is 5.80. The van der Waals surface area contributed by atoms with Crippen molar-refractivity contribution in [1.82, 2.24) is 14.1 Å². The zero-order valence-corrected chi connectivity index (χ0v) is 10.5. The Bertz CT molecular complexity index is 567. The Morgan fingerprint density at radius 1 is 1.39 bits per heavy atom. The van der Waals surface area contributed by atoms with Crippen LogP contribution in [0.3, 0.4) is 0 Å². The average Bonchev–Trinajstić information content (AvgIpc) is 2.72. The highest BCUT2D eigenvalue weighted by Crippen LogP contribution is 2.05. The number of nitrogen functional groups attached to an aromatic ring is 1. The van der Waals surface area contributed by atoms with Gasteiger partial charge in [0.2, 0.25) is 0 Å². The zero-order valence-electron chi connectivity index (χ0n) is 10.5. The first-order chi connectivity index (χ1) is 8.61. The molecule has 2 heterocycles. The minimum atomic E-state index is -0.00831. The largest absolute Gasteiger partial charge is 0.328 e. The van der Waals surface area contributed by atoms with Crippen LogP contribution in [0.25, 0.3) is 0 Å². The number of nitrogens with one attached hydrogen (secondary N) is 1. The summed E-state index contributed by atoms with van der Waals surface area (Å²) in [5.41, 5.74) is 3.41. The SMILES string of the molecule is CC(C)n1ccn(Cc2ccc(NN)nc2)c1=O. The van der Waals surface area contributed by atoms with Gasteiger partial charge in [0, 0.05) is 24.6 Å². The Morgan fingerprint density at radius 3 is 2.67 bits per heavy atom. The van der Waals surface area contributed by atoms with Gasteiger partial charge in [-0.25, -0.2) is 15.6 Å². The molecule has 0 spiro atoms. The van der Waals surface area contributed by atoms with Crippen LogP contribution in [0.15, 0.2) is 35.5 Å². The first-order valence-electron chi connectivity index (χ1n) is 5.80. The Morgan fingerprint density at radius 2 is 2.17 bits per heavy atom. The van der Waals surface area contributed by atoms with Crippen LogP contribution in [0.1, 0.15) is 25.5 Å². The van der Waals surface area contributed by atoms with E-state index in [1.54, 1.807) is 33.8 Å². The van der Waals surface area contributed by atoms with Crippen molar-refractivity contribution >= 4 is 5.82 Å². The molecule has 6 nitrogen and oxygen atoms in total. The van der Waals surface area contributed by atoms with E-state index in [0.717, 1.165) is 5.56 Å². The summed E-state index contributed by atoms with van der Waals surface area (Å²) in [5.74, 6) is 5.84. The maximum Gasteiger partial charge on any atom is 0.328 e. The monoisotopic (exact) mass is 247 g/mol. The van der Waals surface area contributed by atoms with Gasteiger partial charge in [0.15, 0.2) is 0 Å². The summed E-state index contributed by atoms with van der Waals surface area (Å²) in [7, 11) is 0. The molecule has 0 bridgehead atoms. The van der Waals surface area contributed by atoms with Crippen molar-refractivity contribution in [2.24, 2.45) is 5.84 Å². The smallest absolute Gasteiger partial charge is 0.308 e. The fraction of sp³-hybridized carbons (Fsp3) is 0.333. The number of imidazole rings is 1. The van der Waals surface area contributed by atoms with Gasteiger partial charge in [-0.1, -0.05) is 6.07 Å². The van der Waals surface area contributed by atoms with Crippen LogP contribution in [0.5, 0.6) is 0 Å². The van der Waals surface area contributed by atoms with E-state index in [0.29, 0.717) is 12.4 Å². The molecule has 0 unspecified atom stereocenters. The van der Waals surface area contributed by atoms with E-state index >= 15 is 0 Å². The molecule has 0 fully saturated rings. The molecule has 0 aliphatic heterocycles. The first kappa shape index (κ1) is 12.4. The molecule has 0 radical (unpaired) electrons. The van der Waals surface area contributed by atoms with Gasteiger partial charge in [-0.15, -0.1) is 0 Å². The molecule has 96 valence electrons. The van der Waals surface area contributed by atoms with Gasteiger partial charge in [-0.05, 0) is 25.5 Å². The quantitative estimate of drug-likeness (QED) is 0.623. The standard InChI is InChI=1S/C12H17N5O/c1-9(2)17-6-5-16(12(17)18)8-10-3-4-11(15-13)14-7-10/h3-7,9H,8,13H2,1-2H3,(H,14,15). The van der Waals surface area contributed by atoms with E-state index in [-0.39, 0.29) is 11.7 Å². The Labute approximate surface area is 105 Å². The molecule has 0 aromatic carbocycles. The number of pyridine rings is 1.